The minimum Gasteiger partial charge on any atom is -0.267 e. The van der Waals surface area contributed by atoms with Crippen molar-refractivity contribution in [1.29, 1.82) is 0 Å². The Morgan fingerprint density at radius 3 is 2.41 bits per heavy atom. The number of nitrogens with zero attached hydrogens (tertiary/aromatic N) is 2. The molecular formula is C17H10ClN3O4S2. The van der Waals surface area contributed by atoms with Crippen LogP contribution in [0.5, 0.6) is 0 Å². The van der Waals surface area contributed by atoms with Crippen LogP contribution in [0.2, 0.25) is 5.02 Å². The third-order valence-corrected chi connectivity index (χ3v) is 5.07. The van der Waals surface area contributed by atoms with Gasteiger partial charge in [0.25, 0.3) is 17.5 Å². The molecule has 2 amide bonds. The Bertz CT molecular complexity index is 975. The van der Waals surface area contributed by atoms with Crippen LogP contribution in [0, 0.1) is 10.1 Å². The third-order valence-electron chi connectivity index (χ3n) is 3.52. The lowest BCUT2D eigenvalue weighted by Crippen LogP contribution is -2.44. The number of nitro benzene ring substituents is 1. The highest BCUT2D eigenvalue weighted by Crippen LogP contribution is 2.31. The number of rotatable bonds is 4. The highest BCUT2D eigenvalue weighted by molar-refractivity contribution is 8.26. The number of thioether (sulfide) groups is 1. The Morgan fingerprint density at radius 2 is 1.81 bits per heavy atom. The van der Waals surface area contributed by atoms with Crippen molar-refractivity contribution in [2.75, 3.05) is 0 Å². The van der Waals surface area contributed by atoms with Gasteiger partial charge in [-0.25, -0.2) is 0 Å². The number of hydrogen-bond donors (Lipinski definition) is 1. The van der Waals surface area contributed by atoms with Crippen molar-refractivity contribution in [2.45, 2.75) is 0 Å². The van der Waals surface area contributed by atoms with Gasteiger partial charge < -0.3 is 0 Å². The van der Waals surface area contributed by atoms with Gasteiger partial charge in [-0.15, -0.1) is 0 Å². The van der Waals surface area contributed by atoms with Crippen molar-refractivity contribution in [1.82, 2.24) is 10.4 Å². The summed E-state index contributed by atoms with van der Waals surface area (Å²) in [6, 6.07) is 11.9. The molecule has 7 nitrogen and oxygen atoms in total. The minimum absolute atomic E-state index is 0.136. The second-order valence-electron chi connectivity index (χ2n) is 5.31. The van der Waals surface area contributed by atoms with Gasteiger partial charge in [0, 0.05) is 22.7 Å². The number of thiocarbonyl (C=S) groups is 1. The van der Waals surface area contributed by atoms with Crippen LogP contribution < -0.4 is 5.43 Å². The number of amides is 2. The van der Waals surface area contributed by atoms with Crippen LogP contribution in [0.4, 0.5) is 5.69 Å². The van der Waals surface area contributed by atoms with Crippen molar-refractivity contribution < 1.29 is 14.5 Å². The second-order valence-corrected chi connectivity index (χ2v) is 7.43. The maximum atomic E-state index is 12.5. The molecule has 1 aliphatic rings. The molecule has 0 radical (unpaired) electrons. The van der Waals surface area contributed by atoms with Crippen molar-refractivity contribution in [3.05, 3.63) is 79.7 Å². The minimum atomic E-state index is -0.603. The van der Waals surface area contributed by atoms with Crippen LogP contribution in [0.15, 0.2) is 53.4 Å². The van der Waals surface area contributed by atoms with Gasteiger partial charge in [-0.1, -0.05) is 35.5 Å². The number of halogens is 1. The van der Waals surface area contributed by atoms with E-state index in [0.29, 0.717) is 9.93 Å². The first-order chi connectivity index (χ1) is 12.8. The van der Waals surface area contributed by atoms with Crippen molar-refractivity contribution in [3.63, 3.8) is 0 Å². The van der Waals surface area contributed by atoms with Crippen LogP contribution in [0.3, 0.4) is 0 Å². The summed E-state index contributed by atoms with van der Waals surface area (Å²) >= 11 is 12.1. The highest BCUT2D eigenvalue weighted by atomic mass is 35.5. The summed E-state index contributed by atoms with van der Waals surface area (Å²) in [5, 5.41) is 12.2. The molecule has 1 saturated heterocycles. The maximum absolute atomic E-state index is 12.5. The summed E-state index contributed by atoms with van der Waals surface area (Å²) in [7, 11) is 0. The number of nitro groups is 1. The maximum Gasteiger partial charge on any atom is 0.285 e. The van der Waals surface area contributed by atoms with Gasteiger partial charge in [0.15, 0.2) is 4.32 Å². The molecule has 1 N–H and O–H groups in total. The van der Waals surface area contributed by atoms with E-state index in [1.165, 1.54) is 24.3 Å². The van der Waals surface area contributed by atoms with Crippen LogP contribution in [0.25, 0.3) is 6.08 Å². The molecule has 2 aromatic rings. The summed E-state index contributed by atoms with van der Waals surface area (Å²) in [6.07, 6.45) is 1.65. The van der Waals surface area contributed by atoms with Crippen LogP contribution >= 0.6 is 35.6 Å². The number of nitrogens with one attached hydrogen (secondary N) is 1. The van der Waals surface area contributed by atoms with Crippen molar-refractivity contribution in [3.8, 4) is 0 Å². The van der Waals surface area contributed by atoms with Gasteiger partial charge in [-0.2, -0.15) is 5.01 Å². The van der Waals surface area contributed by atoms with Gasteiger partial charge in [-0.05, 0) is 48.1 Å². The average Bonchev–Trinajstić information content (AvgIpc) is 2.91. The van der Waals surface area contributed by atoms with Gasteiger partial charge in [0.05, 0.1) is 9.83 Å². The number of hydrogen-bond acceptors (Lipinski definition) is 6. The molecule has 1 fully saturated rings. The Hall–Kier alpha value is -2.75. The molecule has 27 heavy (non-hydrogen) atoms. The SMILES string of the molecule is O=C(NN1C(=O)C(=Cc2ccc(Cl)cc2)SC1=S)c1ccc([N+](=O)[O-])cc1. The van der Waals surface area contributed by atoms with E-state index in [1.807, 2.05) is 0 Å². The Labute approximate surface area is 168 Å². The van der Waals surface area contributed by atoms with E-state index < -0.39 is 16.7 Å². The Kier molecular flexibility index (Phi) is 5.54. The molecule has 0 aliphatic carbocycles. The van der Waals surface area contributed by atoms with Crippen LogP contribution in [-0.2, 0) is 4.79 Å². The number of benzene rings is 2. The van der Waals surface area contributed by atoms with E-state index in [4.69, 9.17) is 23.8 Å². The van der Waals surface area contributed by atoms with Crippen molar-refractivity contribution >= 4 is 63.5 Å². The fourth-order valence-corrected chi connectivity index (χ4v) is 3.48. The molecule has 10 heteroatoms. The van der Waals surface area contributed by atoms with E-state index in [1.54, 1.807) is 30.3 Å². The predicted molar refractivity (Wildman–Crippen MR) is 107 cm³/mol. The van der Waals surface area contributed by atoms with E-state index in [-0.39, 0.29) is 15.6 Å². The lowest BCUT2D eigenvalue weighted by atomic mass is 10.2. The molecule has 1 aliphatic heterocycles. The third kappa shape index (κ3) is 4.33. The average molecular weight is 420 g/mol. The fraction of sp³-hybridized carbons (Fsp3) is 0. The molecule has 2 aromatic carbocycles. The molecule has 0 saturated carbocycles. The van der Waals surface area contributed by atoms with Gasteiger partial charge >= 0.3 is 0 Å². The summed E-state index contributed by atoms with van der Waals surface area (Å²) in [6.45, 7) is 0. The number of carbonyl (C=O) groups excluding carboxylic acids is 2. The van der Waals surface area contributed by atoms with Crippen LogP contribution in [-0.4, -0.2) is 26.1 Å². The van der Waals surface area contributed by atoms with Crippen molar-refractivity contribution in [2.24, 2.45) is 0 Å². The molecule has 0 aromatic heterocycles. The number of carbonyl (C=O) groups is 2. The first-order valence-corrected chi connectivity index (χ1v) is 9.04. The molecular weight excluding hydrogens is 410 g/mol. The summed E-state index contributed by atoms with van der Waals surface area (Å²) < 4.78 is 0.176. The number of non-ortho nitro benzene ring substituents is 1. The first kappa shape index (κ1) is 19.0. The van der Waals surface area contributed by atoms with Crippen LogP contribution in [0.1, 0.15) is 15.9 Å². The van der Waals surface area contributed by atoms with E-state index >= 15 is 0 Å². The van der Waals surface area contributed by atoms with Gasteiger partial charge in [0.1, 0.15) is 0 Å². The van der Waals surface area contributed by atoms with E-state index in [9.17, 15) is 19.7 Å². The zero-order valence-electron chi connectivity index (χ0n) is 13.4. The lowest BCUT2D eigenvalue weighted by Gasteiger charge is -2.15. The van der Waals surface area contributed by atoms with E-state index in [2.05, 4.69) is 5.43 Å². The first-order valence-electron chi connectivity index (χ1n) is 7.44. The Morgan fingerprint density at radius 1 is 1.19 bits per heavy atom. The quantitative estimate of drug-likeness (QED) is 0.351. The van der Waals surface area contributed by atoms with E-state index in [0.717, 1.165) is 22.3 Å². The van der Waals surface area contributed by atoms with Gasteiger partial charge in [-0.3, -0.25) is 25.1 Å². The normalized spacial score (nSPS) is 15.3. The predicted octanol–water partition coefficient (Wildman–Crippen LogP) is 3.79. The molecule has 0 spiro atoms. The van der Waals surface area contributed by atoms with Gasteiger partial charge in [0.2, 0.25) is 0 Å². The molecule has 0 bridgehead atoms. The fourth-order valence-electron chi connectivity index (χ4n) is 2.18. The summed E-state index contributed by atoms with van der Waals surface area (Å²) in [5.74, 6) is -1.07. The molecule has 1 heterocycles. The zero-order chi connectivity index (χ0) is 19.6. The largest absolute Gasteiger partial charge is 0.285 e. The molecule has 3 rings (SSSR count). The zero-order valence-corrected chi connectivity index (χ0v) is 15.8. The Balaban J connectivity index is 1.74. The highest BCUT2D eigenvalue weighted by Gasteiger charge is 2.33. The molecule has 136 valence electrons. The monoisotopic (exact) mass is 419 g/mol. The number of hydrazine groups is 1. The summed E-state index contributed by atoms with van der Waals surface area (Å²) in [4.78, 5) is 35.3. The topological polar surface area (TPSA) is 92.6 Å². The second kappa shape index (κ2) is 7.87. The molecule has 0 unspecified atom stereocenters. The lowest BCUT2D eigenvalue weighted by molar-refractivity contribution is -0.384. The standard InChI is InChI=1S/C17H10ClN3O4S2/c18-12-5-1-10(2-6-12)9-14-16(23)20(17(26)27-14)19-15(22)11-3-7-13(8-4-11)21(24)25/h1-9H,(H,19,22). The smallest absolute Gasteiger partial charge is 0.267 e. The molecule has 0 atom stereocenters. The summed E-state index contributed by atoms with van der Waals surface area (Å²) in [5.41, 5.74) is 3.21.